The molecule has 5 rings (SSSR count). The Morgan fingerprint density at radius 1 is 0.724 bits per heavy atom. The van der Waals surface area contributed by atoms with Gasteiger partial charge in [0.05, 0.1) is 17.1 Å². The Labute approximate surface area is 168 Å². The Bertz CT molecular complexity index is 1110. The van der Waals surface area contributed by atoms with Crippen molar-refractivity contribution >= 4 is 28.9 Å². The molecule has 3 aromatic rings. The van der Waals surface area contributed by atoms with Crippen LogP contribution in [0, 0.1) is 12.8 Å². The first-order valence-electron chi connectivity index (χ1n) is 9.58. The number of carbonyl (C=O) groups excluding carboxylic acids is 2. The van der Waals surface area contributed by atoms with E-state index in [2.05, 4.69) is 0 Å². The van der Waals surface area contributed by atoms with Crippen molar-refractivity contribution in [1.29, 1.82) is 0 Å². The molecule has 5 heteroatoms. The number of benzene rings is 3. The molecule has 0 aliphatic carbocycles. The van der Waals surface area contributed by atoms with Gasteiger partial charge in [-0.1, -0.05) is 66.2 Å². The number of carbonyl (C=O) groups is 2. The Balaban J connectivity index is 1.63. The van der Waals surface area contributed by atoms with E-state index in [1.165, 1.54) is 4.90 Å². The Morgan fingerprint density at radius 2 is 1.34 bits per heavy atom. The number of imide groups is 1. The van der Waals surface area contributed by atoms with E-state index in [1.54, 1.807) is 5.01 Å². The third-order valence-corrected chi connectivity index (χ3v) is 5.43. The van der Waals surface area contributed by atoms with Gasteiger partial charge in [-0.25, -0.2) is 4.90 Å². The second kappa shape index (κ2) is 6.71. The number of hydrazone groups is 1. The summed E-state index contributed by atoms with van der Waals surface area (Å²) in [5.74, 6) is -1.11. The van der Waals surface area contributed by atoms with Gasteiger partial charge in [-0.05, 0) is 36.8 Å². The average molecular weight is 381 g/mol. The van der Waals surface area contributed by atoms with E-state index >= 15 is 0 Å². The van der Waals surface area contributed by atoms with Crippen LogP contribution in [-0.4, -0.2) is 23.6 Å². The first kappa shape index (κ1) is 17.4. The molecule has 5 nitrogen and oxygen atoms in total. The minimum absolute atomic E-state index is 0.232. The highest BCUT2D eigenvalue weighted by Crippen LogP contribution is 2.39. The third kappa shape index (κ3) is 2.74. The Kier molecular flexibility index (Phi) is 4.02. The van der Waals surface area contributed by atoms with E-state index < -0.39 is 12.0 Å². The minimum atomic E-state index is -0.679. The van der Waals surface area contributed by atoms with Gasteiger partial charge >= 0.3 is 0 Å². The molecule has 2 aliphatic heterocycles. The van der Waals surface area contributed by atoms with E-state index in [-0.39, 0.29) is 11.8 Å². The topological polar surface area (TPSA) is 53.0 Å². The largest absolute Gasteiger partial charge is 0.273 e. The van der Waals surface area contributed by atoms with E-state index in [1.807, 2.05) is 91.9 Å². The van der Waals surface area contributed by atoms with Crippen molar-refractivity contribution in [2.45, 2.75) is 13.0 Å². The number of aryl methyl sites for hydroxylation is 1. The van der Waals surface area contributed by atoms with Crippen molar-refractivity contribution in [1.82, 2.24) is 0 Å². The lowest BCUT2D eigenvalue weighted by molar-refractivity contribution is -0.121. The highest BCUT2D eigenvalue weighted by Gasteiger charge is 2.57. The molecule has 0 unspecified atom stereocenters. The number of para-hydroxylation sites is 1. The molecular formula is C24H19N3O2. The quantitative estimate of drug-likeness (QED) is 0.649. The zero-order valence-electron chi connectivity index (χ0n) is 15.9. The standard InChI is InChI=1S/C24H19N3O2/c1-16-12-14-18(15-13-16)26-23(28)20-21(17-8-4-2-5-9-17)25-27(22(20)24(26)29)19-10-6-3-7-11-19/h2-15,20,22H,1H3/t20-,22+/m1/s1. The van der Waals surface area contributed by atoms with E-state index in [0.29, 0.717) is 11.4 Å². The summed E-state index contributed by atoms with van der Waals surface area (Å²) in [5.41, 5.74) is 3.95. The average Bonchev–Trinajstić information content (AvgIpc) is 3.27. The van der Waals surface area contributed by atoms with Crippen LogP contribution in [0.4, 0.5) is 11.4 Å². The fraction of sp³-hybridized carbons (Fsp3) is 0.125. The predicted molar refractivity (Wildman–Crippen MR) is 113 cm³/mol. The molecule has 0 aromatic heterocycles. The number of fused-ring (bicyclic) bond motifs is 1. The van der Waals surface area contributed by atoms with Gasteiger partial charge in [-0.2, -0.15) is 5.10 Å². The van der Waals surface area contributed by atoms with Gasteiger partial charge in [0.1, 0.15) is 12.0 Å². The van der Waals surface area contributed by atoms with Crippen molar-refractivity contribution < 1.29 is 9.59 Å². The smallest absolute Gasteiger partial charge is 0.259 e. The molecule has 0 saturated carbocycles. The lowest BCUT2D eigenvalue weighted by Gasteiger charge is -2.22. The molecule has 1 fully saturated rings. The maximum absolute atomic E-state index is 13.4. The highest BCUT2D eigenvalue weighted by molar-refractivity contribution is 6.34. The lowest BCUT2D eigenvalue weighted by atomic mass is 9.93. The monoisotopic (exact) mass is 381 g/mol. The first-order chi connectivity index (χ1) is 14.1. The van der Waals surface area contributed by atoms with Crippen LogP contribution in [0.5, 0.6) is 0 Å². The molecule has 0 N–H and O–H groups in total. The van der Waals surface area contributed by atoms with Gasteiger partial charge in [-0.15, -0.1) is 0 Å². The molecule has 2 heterocycles. The van der Waals surface area contributed by atoms with Gasteiger partial charge in [0.2, 0.25) is 5.91 Å². The summed E-state index contributed by atoms with van der Waals surface area (Å²) in [6.45, 7) is 1.98. The van der Waals surface area contributed by atoms with Crippen LogP contribution in [-0.2, 0) is 9.59 Å². The van der Waals surface area contributed by atoms with Gasteiger partial charge < -0.3 is 0 Å². The normalized spacial score (nSPS) is 20.8. The SMILES string of the molecule is Cc1ccc(N2C(=O)[C@@H]3C(c4ccccc4)=NN(c4ccccc4)[C@@H]3C2=O)cc1. The predicted octanol–water partition coefficient (Wildman–Crippen LogP) is 3.78. The van der Waals surface area contributed by atoms with E-state index in [0.717, 1.165) is 16.8 Å². The third-order valence-electron chi connectivity index (χ3n) is 5.43. The zero-order valence-corrected chi connectivity index (χ0v) is 15.9. The number of anilines is 2. The second-order valence-corrected chi connectivity index (χ2v) is 7.30. The molecule has 2 atom stereocenters. The molecule has 3 aromatic carbocycles. The van der Waals surface area contributed by atoms with Crippen LogP contribution >= 0.6 is 0 Å². The van der Waals surface area contributed by atoms with Gasteiger partial charge in [0.25, 0.3) is 5.91 Å². The Hall–Kier alpha value is -3.73. The molecule has 0 bridgehead atoms. The highest BCUT2D eigenvalue weighted by atomic mass is 16.2. The summed E-state index contributed by atoms with van der Waals surface area (Å²) < 4.78 is 0. The fourth-order valence-electron chi connectivity index (χ4n) is 4.00. The number of hydrogen-bond donors (Lipinski definition) is 0. The summed E-state index contributed by atoms with van der Waals surface area (Å²) in [5, 5.41) is 6.43. The minimum Gasteiger partial charge on any atom is -0.273 e. The fourth-order valence-corrected chi connectivity index (χ4v) is 4.00. The van der Waals surface area contributed by atoms with E-state index in [4.69, 9.17) is 5.10 Å². The number of hydrogen-bond acceptors (Lipinski definition) is 4. The molecule has 2 amide bonds. The summed E-state index contributed by atoms with van der Waals surface area (Å²) in [6, 6.07) is 25.9. The number of rotatable bonds is 3. The summed E-state index contributed by atoms with van der Waals surface area (Å²) in [7, 11) is 0. The van der Waals surface area contributed by atoms with Crippen LogP contribution in [0.25, 0.3) is 0 Å². The molecular weight excluding hydrogens is 362 g/mol. The summed E-state index contributed by atoms with van der Waals surface area (Å²) in [6.07, 6.45) is 0. The summed E-state index contributed by atoms with van der Waals surface area (Å²) in [4.78, 5) is 28.2. The zero-order chi connectivity index (χ0) is 20.0. The molecule has 1 saturated heterocycles. The van der Waals surface area contributed by atoms with Crippen molar-refractivity contribution in [3.8, 4) is 0 Å². The maximum atomic E-state index is 13.4. The Morgan fingerprint density at radius 3 is 2.00 bits per heavy atom. The lowest BCUT2D eigenvalue weighted by Crippen LogP contribution is -2.39. The first-order valence-corrected chi connectivity index (χ1v) is 9.58. The molecule has 0 spiro atoms. The van der Waals surface area contributed by atoms with E-state index in [9.17, 15) is 9.59 Å². The molecule has 142 valence electrons. The van der Waals surface area contributed by atoms with Crippen molar-refractivity contribution in [2.75, 3.05) is 9.91 Å². The van der Waals surface area contributed by atoms with Crippen molar-refractivity contribution in [3.05, 3.63) is 96.1 Å². The number of nitrogens with zero attached hydrogens (tertiary/aromatic N) is 3. The molecule has 2 aliphatic rings. The summed E-state index contributed by atoms with van der Waals surface area (Å²) >= 11 is 0. The number of amides is 2. The van der Waals surface area contributed by atoms with Crippen LogP contribution in [0.2, 0.25) is 0 Å². The van der Waals surface area contributed by atoms with Crippen molar-refractivity contribution in [3.63, 3.8) is 0 Å². The van der Waals surface area contributed by atoms with Gasteiger partial charge in [0, 0.05) is 0 Å². The van der Waals surface area contributed by atoms with Gasteiger partial charge in [-0.3, -0.25) is 14.6 Å². The molecule has 0 radical (unpaired) electrons. The van der Waals surface area contributed by atoms with Crippen LogP contribution < -0.4 is 9.91 Å². The van der Waals surface area contributed by atoms with Crippen LogP contribution in [0.15, 0.2) is 90.0 Å². The van der Waals surface area contributed by atoms with Crippen LogP contribution in [0.3, 0.4) is 0 Å². The van der Waals surface area contributed by atoms with Crippen molar-refractivity contribution in [2.24, 2.45) is 11.0 Å². The van der Waals surface area contributed by atoms with Gasteiger partial charge in [0.15, 0.2) is 0 Å². The van der Waals surface area contributed by atoms with Crippen LogP contribution in [0.1, 0.15) is 11.1 Å². The second-order valence-electron chi connectivity index (χ2n) is 7.30. The maximum Gasteiger partial charge on any atom is 0.259 e. The molecule has 29 heavy (non-hydrogen) atoms.